The van der Waals surface area contributed by atoms with Gasteiger partial charge in [0.25, 0.3) is 0 Å². The molecule has 1 aromatic rings. The van der Waals surface area contributed by atoms with Gasteiger partial charge in [-0.2, -0.15) is 0 Å². The van der Waals surface area contributed by atoms with Crippen LogP contribution in [0.5, 0.6) is 0 Å². The van der Waals surface area contributed by atoms with Gasteiger partial charge in [-0.25, -0.2) is 0 Å². The number of halogens is 1. The molecule has 0 bridgehead atoms. The summed E-state index contributed by atoms with van der Waals surface area (Å²) in [6, 6.07) is 5.82. The molecular formula is C15H21ClO2. The summed E-state index contributed by atoms with van der Waals surface area (Å²) < 4.78 is 5.13. The number of benzene rings is 1. The minimum absolute atomic E-state index is 0.0770. The third kappa shape index (κ3) is 5.54. The number of hydrogen-bond acceptors (Lipinski definition) is 2. The molecule has 0 aliphatic rings. The summed E-state index contributed by atoms with van der Waals surface area (Å²) in [4.78, 5) is 11.6. The van der Waals surface area contributed by atoms with E-state index in [4.69, 9.17) is 16.3 Å². The van der Waals surface area contributed by atoms with Gasteiger partial charge in [-0.3, -0.25) is 4.79 Å². The minimum atomic E-state index is -0.206. The SMILES string of the molecule is CC(C)Cc1cc(Cl)cc(CC(=O)OC(C)C)c1. The Kier molecular flexibility index (Phi) is 5.67. The second-order valence-electron chi connectivity index (χ2n) is 5.28. The van der Waals surface area contributed by atoms with Crippen LogP contribution in [0.15, 0.2) is 18.2 Å². The first kappa shape index (κ1) is 15.0. The maximum Gasteiger partial charge on any atom is 0.310 e. The third-order valence-corrected chi connectivity index (χ3v) is 2.60. The van der Waals surface area contributed by atoms with Gasteiger partial charge in [-0.05, 0) is 49.4 Å². The van der Waals surface area contributed by atoms with Crippen LogP contribution < -0.4 is 0 Å². The van der Waals surface area contributed by atoms with Gasteiger partial charge in [-0.15, -0.1) is 0 Å². The summed E-state index contributed by atoms with van der Waals surface area (Å²) >= 11 is 6.07. The summed E-state index contributed by atoms with van der Waals surface area (Å²) in [5, 5.41) is 0.681. The Balaban J connectivity index is 2.76. The van der Waals surface area contributed by atoms with E-state index in [0.29, 0.717) is 10.9 Å². The zero-order valence-electron chi connectivity index (χ0n) is 11.5. The van der Waals surface area contributed by atoms with E-state index in [1.54, 1.807) is 0 Å². The van der Waals surface area contributed by atoms with E-state index in [-0.39, 0.29) is 18.5 Å². The Morgan fingerprint density at radius 1 is 1.17 bits per heavy atom. The Hall–Kier alpha value is -1.02. The minimum Gasteiger partial charge on any atom is -0.463 e. The van der Waals surface area contributed by atoms with Crippen molar-refractivity contribution in [2.45, 2.75) is 46.6 Å². The molecule has 2 nitrogen and oxygen atoms in total. The predicted octanol–water partition coefficient (Wildman–Crippen LogP) is 4.03. The van der Waals surface area contributed by atoms with Crippen molar-refractivity contribution in [3.63, 3.8) is 0 Å². The molecule has 0 atom stereocenters. The molecule has 18 heavy (non-hydrogen) atoms. The van der Waals surface area contributed by atoms with Crippen molar-refractivity contribution in [3.05, 3.63) is 34.3 Å². The number of ether oxygens (including phenoxy) is 1. The van der Waals surface area contributed by atoms with Crippen LogP contribution in [0.4, 0.5) is 0 Å². The molecule has 0 unspecified atom stereocenters. The van der Waals surface area contributed by atoms with Gasteiger partial charge in [0.2, 0.25) is 0 Å². The highest BCUT2D eigenvalue weighted by molar-refractivity contribution is 6.30. The van der Waals surface area contributed by atoms with E-state index in [1.807, 2.05) is 32.0 Å². The molecular weight excluding hydrogens is 248 g/mol. The van der Waals surface area contributed by atoms with Crippen LogP contribution in [0.1, 0.15) is 38.8 Å². The molecule has 3 heteroatoms. The Morgan fingerprint density at radius 3 is 2.33 bits per heavy atom. The molecule has 0 aromatic heterocycles. The van der Waals surface area contributed by atoms with Gasteiger partial charge < -0.3 is 4.74 Å². The quantitative estimate of drug-likeness (QED) is 0.754. The predicted molar refractivity (Wildman–Crippen MR) is 74.9 cm³/mol. The highest BCUT2D eigenvalue weighted by Crippen LogP contribution is 2.18. The molecule has 0 aliphatic carbocycles. The molecule has 0 amide bonds. The summed E-state index contributed by atoms with van der Waals surface area (Å²) in [7, 11) is 0. The largest absolute Gasteiger partial charge is 0.463 e. The molecule has 0 saturated carbocycles. The molecule has 0 fully saturated rings. The molecule has 0 aliphatic heterocycles. The first-order valence-electron chi connectivity index (χ1n) is 6.34. The van der Waals surface area contributed by atoms with Crippen LogP contribution in [0.3, 0.4) is 0 Å². The second kappa shape index (κ2) is 6.79. The summed E-state index contributed by atoms with van der Waals surface area (Å²) in [6.45, 7) is 8.02. The monoisotopic (exact) mass is 268 g/mol. The Bertz CT molecular complexity index is 411. The van der Waals surface area contributed by atoms with Crippen molar-refractivity contribution in [2.75, 3.05) is 0 Å². The van der Waals surface area contributed by atoms with Gasteiger partial charge in [0.05, 0.1) is 12.5 Å². The molecule has 100 valence electrons. The van der Waals surface area contributed by atoms with Gasteiger partial charge in [0, 0.05) is 5.02 Å². The van der Waals surface area contributed by atoms with Crippen molar-refractivity contribution in [3.8, 4) is 0 Å². The molecule has 0 N–H and O–H groups in total. The Morgan fingerprint density at radius 2 is 1.78 bits per heavy atom. The van der Waals surface area contributed by atoms with Gasteiger partial charge in [0.15, 0.2) is 0 Å². The number of carbonyl (C=O) groups excluding carboxylic acids is 1. The number of esters is 1. The van der Waals surface area contributed by atoms with Crippen LogP contribution >= 0.6 is 11.6 Å². The van der Waals surface area contributed by atoms with Crippen molar-refractivity contribution in [2.24, 2.45) is 5.92 Å². The third-order valence-electron chi connectivity index (χ3n) is 2.38. The van der Waals surface area contributed by atoms with Crippen LogP contribution in [0.25, 0.3) is 0 Å². The van der Waals surface area contributed by atoms with Crippen molar-refractivity contribution >= 4 is 17.6 Å². The fourth-order valence-electron chi connectivity index (χ4n) is 1.88. The van der Waals surface area contributed by atoms with E-state index in [9.17, 15) is 4.79 Å². The van der Waals surface area contributed by atoms with Gasteiger partial charge in [0.1, 0.15) is 0 Å². The van der Waals surface area contributed by atoms with Gasteiger partial charge in [-0.1, -0.05) is 31.5 Å². The topological polar surface area (TPSA) is 26.3 Å². The average molecular weight is 269 g/mol. The first-order chi connectivity index (χ1) is 8.36. The van der Waals surface area contributed by atoms with Crippen molar-refractivity contribution in [1.82, 2.24) is 0 Å². The zero-order valence-corrected chi connectivity index (χ0v) is 12.3. The lowest BCUT2D eigenvalue weighted by atomic mass is 10.00. The summed E-state index contributed by atoms with van der Waals surface area (Å²) in [6.07, 6.45) is 1.17. The number of hydrogen-bond donors (Lipinski definition) is 0. The Labute approximate surface area is 114 Å². The highest BCUT2D eigenvalue weighted by atomic mass is 35.5. The first-order valence-corrected chi connectivity index (χ1v) is 6.72. The van der Waals surface area contributed by atoms with Crippen LogP contribution in [-0.2, 0) is 22.4 Å². The molecule has 0 radical (unpaired) electrons. The fraction of sp³-hybridized carbons (Fsp3) is 0.533. The zero-order chi connectivity index (χ0) is 13.7. The van der Waals surface area contributed by atoms with E-state index >= 15 is 0 Å². The van der Waals surface area contributed by atoms with Crippen molar-refractivity contribution < 1.29 is 9.53 Å². The van der Waals surface area contributed by atoms with E-state index < -0.39 is 0 Å². The fourth-order valence-corrected chi connectivity index (χ4v) is 2.16. The maximum atomic E-state index is 11.6. The highest BCUT2D eigenvalue weighted by Gasteiger charge is 2.09. The van der Waals surface area contributed by atoms with E-state index in [0.717, 1.165) is 12.0 Å². The normalized spacial score (nSPS) is 11.1. The molecule has 0 heterocycles. The van der Waals surface area contributed by atoms with Gasteiger partial charge >= 0.3 is 5.97 Å². The summed E-state index contributed by atoms with van der Waals surface area (Å²) in [5.74, 6) is 0.363. The van der Waals surface area contributed by atoms with Crippen molar-refractivity contribution in [1.29, 1.82) is 0 Å². The molecule has 0 saturated heterocycles. The smallest absolute Gasteiger partial charge is 0.310 e. The lowest BCUT2D eigenvalue weighted by Gasteiger charge is -2.10. The molecule has 0 spiro atoms. The lowest BCUT2D eigenvalue weighted by molar-refractivity contribution is -0.146. The summed E-state index contributed by atoms with van der Waals surface area (Å²) in [5.41, 5.74) is 2.09. The number of carbonyl (C=O) groups is 1. The standard InChI is InChI=1S/C15H21ClO2/c1-10(2)5-12-6-13(8-14(16)7-12)9-15(17)18-11(3)4/h6-8,10-11H,5,9H2,1-4H3. The lowest BCUT2D eigenvalue weighted by Crippen LogP contribution is -2.13. The number of rotatable bonds is 5. The van der Waals surface area contributed by atoms with Crippen LogP contribution in [0, 0.1) is 5.92 Å². The maximum absolute atomic E-state index is 11.6. The van der Waals surface area contributed by atoms with E-state index in [1.165, 1.54) is 5.56 Å². The molecule has 1 aromatic carbocycles. The van der Waals surface area contributed by atoms with E-state index in [2.05, 4.69) is 13.8 Å². The average Bonchev–Trinajstić information content (AvgIpc) is 2.12. The second-order valence-corrected chi connectivity index (χ2v) is 5.72. The van der Waals surface area contributed by atoms with Crippen LogP contribution in [-0.4, -0.2) is 12.1 Å². The van der Waals surface area contributed by atoms with Crippen LogP contribution in [0.2, 0.25) is 5.02 Å². The molecule has 1 rings (SSSR count).